The van der Waals surface area contributed by atoms with Crippen molar-refractivity contribution in [1.82, 2.24) is 60.0 Å². The summed E-state index contributed by atoms with van der Waals surface area (Å²) < 4.78 is 41.5. The SMILES string of the molecule is CC[C@H](C)[C@@H]1NC(=O)[C@H](CC(C)C)N(C)C(=O)C[C@@H](C(=O)N2CCCCC2)N(C)C(=O)[C@H](C)N(C)C(=O)C2(CCCC2)NC(=O)[C@@H]2CCCN2C(=O)[C@H](CCc2ccc(C(F)(F)F)c(Cl)c2)NC(=O)CN(C)C(=O)[C@H](CC2CCCCC2)N(C)C(=O)[C@@H]2CCN2C(=O)[C@H](C)N(C)C1=O. The van der Waals surface area contributed by atoms with Crippen LogP contribution in [0.1, 0.15) is 181 Å². The number of amides is 12. The van der Waals surface area contributed by atoms with E-state index in [1.165, 1.54) is 91.6 Å². The van der Waals surface area contributed by atoms with Crippen LogP contribution in [0.2, 0.25) is 5.02 Å². The van der Waals surface area contributed by atoms with Gasteiger partial charge in [-0.05, 0) is 126 Å². The molecule has 0 aromatic heterocycles. The van der Waals surface area contributed by atoms with Crippen LogP contribution in [0.4, 0.5) is 13.2 Å². The lowest BCUT2D eigenvalue weighted by molar-refractivity contribution is -0.160. The molecule has 6 aliphatic rings. The summed E-state index contributed by atoms with van der Waals surface area (Å²) in [6.45, 7) is 10.6. The Morgan fingerprint density at radius 1 is 0.633 bits per heavy atom. The zero-order valence-electron chi connectivity index (χ0n) is 59.5. The molecular weight excluding hydrogens is 1290 g/mol. The first-order valence-corrected chi connectivity index (χ1v) is 35.8. The highest BCUT2D eigenvalue weighted by Crippen LogP contribution is 2.37. The molecule has 4 aliphatic heterocycles. The van der Waals surface area contributed by atoms with Crippen LogP contribution in [0.3, 0.4) is 0 Å². The Hall–Kier alpha value is -7.06. The van der Waals surface area contributed by atoms with Crippen LogP contribution >= 0.6 is 11.6 Å². The van der Waals surface area contributed by atoms with Gasteiger partial charge in [0.2, 0.25) is 70.9 Å². The van der Waals surface area contributed by atoms with Crippen LogP contribution in [0.5, 0.6) is 0 Å². The largest absolute Gasteiger partial charge is 0.417 e. The van der Waals surface area contributed by atoms with Gasteiger partial charge < -0.3 is 60.0 Å². The molecule has 24 nitrogen and oxygen atoms in total. The van der Waals surface area contributed by atoms with Crippen molar-refractivity contribution in [1.29, 1.82) is 0 Å². The summed E-state index contributed by atoms with van der Waals surface area (Å²) in [6, 6.07) is -7.83. The highest BCUT2D eigenvalue weighted by Gasteiger charge is 2.51. The monoisotopic (exact) mass is 1400 g/mol. The van der Waals surface area contributed by atoms with E-state index in [1.807, 2.05) is 20.8 Å². The van der Waals surface area contributed by atoms with E-state index in [1.54, 1.807) is 11.8 Å². The number of nitrogens with zero attached hydrogens (tertiary/aromatic N) is 9. The maximum absolute atomic E-state index is 15.1. The van der Waals surface area contributed by atoms with Crippen molar-refractivity contribution in [3.8, 4) is 0 Å². The molecule has 4 heterocycles. The Morgan fingerprint density at radius 2 is 1.26 bits per heavy atom. The number of hydrogen-bond donors (Lipinski definition) is 3. The van der Waals surface area contributed by atoms with Gasteiger partial charge in [-0.15, -0.1) is 0 Å². The van der Waals surface area contributed by atoms with E-state index in [0.717, 1.165) is 60.5 Å². The van der Waals surface area contributed by atoms with Gasteiger partial charge in [-0.3, -0.25) is 57.5 Å². The minimum absolute atomic E-state index is 0.0244. The maximum Gasteiger partial charge on any atom is 0.417 e. The fourth-order valence-electron chi connectivity index (χ4n) is 14.9. The summed E-state index contributed by atoms with van der Waals surface area (Å²) in [4.78, 5) is 190. The number of piperidine rings is 1. The van der Waals surface area contributed by atoms with Gasteiger partial charge in [-0.25, -0.2) is 0 Å². The number of halogens is 4. The quantitative estimate of drug-likeness (QED) is 0.266. The number of rotatable bonds is 10. The van der Waals surface area contributed by atoms with Crippen molar-refractivity contribution in [2.75, 3.05) is 75.0 Å². The van der Waals surface area contributed by atoms with Crippen molar-refractivity contribution in [3.05, 3.63) is 34.3 Å². The van der Waals surface area contributed by atoms with Gasteiger partial charge in [0.25, 0.3) is 0 Å². The van der Waals surface area contributed by atoms with Crippen molar-refractivity contribution in [2.24, 2.45) is 17.8 Å². The number of aryl methyl sites for hydroxylation is 1. The van der Waals surface area contributed by atoms with Gasteiger partial charge in [0.05, 0.1) is 23.6 Å². The highest BCUT2D eigenvalue weighted by molar-refractivity contribution is 6.31. The molecule has 546 valence electrons. The molecule has 98 heavy (non-hydrogen) atoms. The van der Waals surface area contributed by atoms with E-state index in [0.29, 0.717) is 57.2 Å². The molecule has 0 radical (unpaired) electrons. The molecule has 0 bridgehead atoms. The number of benzene rings is 1. The Balaban J connectivity index is 1.26. The van der Waals surface area contributed by atoms with Gasteiger partial charge in [-0.1, -0.05) is 96.7 Å². The molecule has 2 saturated carbocycles. The highest BCUT2D eigenvalue weighted by atomic mass is 35.5. The summed E-state index contributed by atoms with van der Waals surface area (Å²) in [5.41, 5.74) is -2.34. The minimum atomic E-state index is -4.76. The fourth-order valence-corrected chi connectivity index (χ4v) is 15.2. The standard InChI is InChI=1S/C70H106ClF3N12O12/c1-13-43(4)58-67(97)79(8)45(6)62(92)86-36-30-52(86)65(95)83(12)54(39-46-23-16-14-17-24-46)64(94)78(7)41-56(87)75-50(29-27-47-26-28-48(49(71)38-47)70(72,73)74)63(93)85-35-22-25-51(85)60(90)77-69(31-18-19-32-69)68(98)80(9)44(5)61(91)82(11)55(66(96)84-33-20-15-21-34-84)40-57(88)81(10)53(37-42(2)3)59(89)76-58/h26,28,38,42-46,50-55,58H,13-25,27,29-37,39-41H2,1-12H3,(H,75,87)(H,76,89)(H,77,90)/t43-,44-,45-,50-,51-,52-,53-,54-,55-,58-/m0/s1. The van der Waals surface area contributed by atoms with Crippen molar-refractivity contribution >= 4 is 82.5 Å². The molecule has 1 spiro atoms. The summed E-state index contributed by atoms with van der Waals surface area (Å²) in [7, 11) is 8.52. The smallest absolute Gasteiger partial charge is 0.343 e. The van der Waals surface area contributed by atoms with Crippen LogP contribution in [0.15, 0.2) is 18.2 Å². The molecule has 0 unspecified atom stereocenters. The number of likely N-dealkylation sites (tertiary alicyclic amines) is 1. The Morgan fingerprint density at radius 3 is 1.85 bits per heavy atom. The average molecular weight is 1400 g/mol. The van der Waals surface area contributed by atoms with E-state index < -0.39 is 166 Å². The second-order valence-corrected chi connectivity index (χ2v) is 29.4. The molecule has 1 aromatic carbocycles. The molecule has 1 aromatic rings. The average Bonchev–Trinajstić information content (AvgIpc) is 0.975. The number of nitrogens with one attached hydrogen (secondary N) is 3. The van der Waals surface area contributed by atoms with Crippen LogP contribution in [0.25, 0.3) is 0 Å². The van der Waals surface area contributed by atoms with Gasteiger partial charge in [0, 0.05) is 68.5 Å². The summed E-state index contributed by atoms with van der Waals surface area (Å²) >= 11 is 6.14. The number of alkyl halides is 3. The molecule has 2 aliphatic carbocycles. The van der Waals surface area contributed by atoms with Crippen LogP contribution in [0, 0.1) is 17.8 Å². The van der Waals surface area contributed by atoms with E-state index in [-0.39, 0.29) is 76.3 Å². The lowest BCUT2D eigenvalue weighted by atomic mass is 9.84. The third-order valence-corrected chi connectivity index (χ3v) is 22.1. The molecule has 12 amide bonds. The van der Waals surface area contributed by atoms with Gasteiger partial charge >= 0.3 is 6.18 Å². The third-order valence-electron chi connectivity index (χ3n) is 21.8. The number of fused-ring (bicyclic) bond motifs is 2. The minimum Gasteiger partial charge on any atom is -0.343 e. The van der Waals surface area contributed by atoms with Crippen LogP contribution < -0.4 is 16.0 Å². The van der Waals surface area contributed by atoms with Gasteiger partial charge in [-0.2, -0.15) is 13.2 Å². The number of hydrogen-bond acceptors (Lipinski definition) is 12. The van der Waals surface area contributed by atoms with Crippen molar-refractivity contribution in [3.63, 3.8) is 0 Å². The molecule has 10 atom stereocenters. The Bertz CT molecular complexity index is 3100. The predicted octanol–water partition coefficient (Wildman–Crippen LogP) is 5.39. The first-order valence-electron chi connectivity index (χ1n) is 35.4. The van der Waals surface area contributed by atoms with Crippen LogP contribution in [-0.2, 0) is 70.1 Å². The molecular formula is C70H106ClF3N12O12. The first kappa shape index (κ1) is 78.3. The Kier molecular flexibility index (Phi) is 27.1. The Labute approximate surface area is 580 Å². The second kappa shape index (κ2) is 33.9. The molecule has 7 rings (SSSR count). The van der Waals surface area contributed by atoms with E-state index in [9.17, 15) is 61.1 Å². The third kappa shape index (κ3) is 18.3. The predicted molar refractivity (Wildman–Crippen MR) is 360 cm³/mol. The molecule has 28 heteroatoms. The zero-order chi connectivity index (χ0) is 72.4. The molecule has 6 fully saturated rings. The van der Waals surface area contributed by atoms with Gasteiger partial charge in [0.1, 0.15) is 59.9 Å². The zero-order valence-corrected chi connectivity index (χ0v) is 60.2. The molecule has 4 saturated heterocycles. The first-order chi connectivity index (χ1) is 46.1. The van der Waals surface area contributed by atoms with Gasteiger partial charge in [0.15, 0.2) is 0 Å². The number of carbonyl (C=O) groups excluding carboxylic acids is 12. The van der Waals surface area contributed by atoms with E-state index in [2.05, 4.69) is 16.0 Å². The summed E-state index contributed by atoms with van der Waals surface area (Å²) in [5.74, 6) is -8.34. The second-order valence-electron chi connectivity index (χ2n) is 29.0. The van der Waals surface area contributed by atoms with Crippen molar-refractivity contribution in [2.45, 2.75) is 242 Å². The number of carbonyl (C=O) groups is 12. The summed E-state index contributed by atoms with van der Waals surface area (Å²) in [6.07, 6.45) is 3.80. The topological polar surface area (TPSA) is 270 Å². The fraction of sp³-hybridized carbons (Fsp3) is 0.743. The van der Waals surface area contributed by atoms with E-state index >= 15 is 9.59 Å². The van der Waals surface area contributed by atoms with Crippen LogP contribution in [-0.4, -0.2) is 250 Å². The summed E-state index contributed by atoms with van der Waals surface area (Å²) in [5, 5.41) is 8.10. The maximum atomic E-state index is 15.1. The number of likely N-dealkylation sites (N-methyl/N-ethyl adjacent to an activating group) is 6. The lowest BCUT2D eigenvalue weighted by Crippen LogP contribution is -2.65. The normalized spacial score (nSPS) is 28.1. The van der Waals surface area contributed by atoms with E-state index in [4.69, 9.17) is 11.6 Å². The lowest BCUT2D eigenvalue weighted by Gasteiger charge is -2.45. The molecule has 3 N–H and O–H groups in total. The van der Waals surface area contributed by atoms with Crippen molar-refractivity contribution < 1.29 is 70.7 Å².